The molecule has 3 N–H and O–H groups in total. The van der Waals surface area contributed by atoms with E-state index < -0.39 is 0 Å². The van der Waals surface area contributed by atoms with Gasteiger partial charge in [0.15, 0.2) is 0 Å². The predicted octanol–water partition coefficient (Wildman–Crippen LogP) is 3.84. The molecule has 2 aromatic heterocycles. The van der Waals surface area contributed by atoms with Crippen molar-refractivity contribution in [3.63, 3.8) is 0 Å². The molecule has 0 fully saturated rings. The molecule has 3 nitrogen and oxygen atoms in total. The molecule has 1 aromatic carbocycles. The number of halogens is 2. The lowest BCUT2D eigenvalue weighted by Crippen LogP contribution is -1.95. The van der Waals surface area contributed by atoms with E-state index in [1.807, 2.05) is 24.4 Å². The van der Waals surface area contributed by atoms with E-state index in [9.17, 15) is 0 Å². The van der Waals surface area contributed by atoms with Crippen LogP contribution >= 0.6 is 24.8 Å². The molecule has 3 aromatic rings. The Hall–Kier alpha value is -1.55. The van der Waals surface area contributed by atoms with Gasteiger partial charge >= 0.3 is 0 Å². The van der Waals surface area contributed by atoms with Gasteiger partial charge in [-0.15, -0.1) is 24.8 Å². The molecule has 0 bridgehead atoms. The van der Waals surface area contributed by atoms with Crippen molar-refractivity contribution in [2.45, 2.75) is 13.5 Å². The highest BCUT2D eigenvalue weighted by Crippen LogP contribution is 2.28. The van der Waals surface area contributed by atoms with Gasteiger partial charge < -0.3 is 10.7 Å². The number of nitrogens with zero attached hydrogens (tertiary/aromatic N) is 1. The van der Waals surface area contributed by atoms with Crippen LogP contribution in [0.15, 0.2) is 42.6 Å². The van der Waals surface area contributed by atoms with Gasteiger partial charge in [0.25, 0.3) is 0 Å². The van der Waals surface area contributed by atoms with Gasteiger partial charge in [-0.3, -0.25) is 4.98 Å². The molecule has 20 heavy (non-hydrogen) atoms. The van der Waals surface area contributed by atoms with Crippen molar-refractivity contribution in [2.75, 3.05) is 0 Å². The summed E-state index contributed by atoms with van der Waals surface area (Å²) >= 11 is 0. The Bertz CT molecular complexity index is 693. The van der Waals surface area contributed by atoms with Crippen LogP contribution in [0.4, 0.5) is 0 Å². The summed E-state index contributed by atoms with van der Waals surface area (Å²) in [7, 11) is 0. The zero-order valence-electron chi connectivity index (χ0n) is 11.1. The first-order chi connectivity index (χ1) is 8.79. The van der Waals surface area contributed by atoms with Crippen molar-refractivity contribution >= 4 is 35.7 Å². The van der Waals surface area contributed by atoms with Crippen LogP contribution in [0, 0.1) is 6.92 Å². The number of pyridine rings is 1. The molecule has 0 aliphatic heterocycles. The highest BCUT2D eigenvalue weighted by molar-refractivity contribution is 5.90. The minimum Gasteiger partial charge on any atom is -0.353 e. The molecule has 0 aliphatic rings. The Morgan fingerprint density at radius 1 is 1.15 bits per heavy atom. The standard InChI is InChI=1S/C15H15N3.2ClH/c1-10-12-8-11(9-16)5-6-13(12)18-15(10)14-4-2-3-7-17-14;;/h2-8,18H,9,16H2,1H3;2*1H. The summed E-state index contributed by atoms with van der Waals surface area (Å²) in [5.74, 6) is 0. The fourth-order valence-corrected chi connectivity index (χ4v) is 2.27. The molecule has 0 atom stereocenters. The summed E-state index contributed by atoms with van der Waals surface area (Å²) in [6, 6.07) is 12.2. The number of aryl methyl sites for hydroxylation is 1. The molecule has 0 unspecified atom stereocenters. The van der Waals surface area contributed by atoms with Gasteiger partial charge in [0.05, 0.1) is 11.4 Å². The maximum absolute atomic E-state index is 5.69. The van der Waals surface area contributed by atoms with Gasteiger partial charge in [-0.25, -0.2) is 0 Å². The Balaban J connectivity index is 0.000001000. The van der Waals surface area contributed by atoms with Gasteiger partial charge in [-0.1, -0.05) is 12.1 Å². The van der Waals surface area contributed by atoms with Crippen molar-refractivity contribution in [1.82, 2.24) is 9.97 Å². The summed E-state index contributed by atoms with van der Waals surface area (Å²) in [6.07, 6.45) is 1.81. The van der Waals surface area contributed by atoms with Gasteiger partial charge in [0, 0.05) is 23.6 Å². The quantitative estimate of drug-likeness (QED) is 0.755. The predicted molar refractivity (Wildman–Crippen MR) is 88.7 cm³/mol. The van der Waals surface area contributed by atoms with Crippen LogP contribution in [-0.4, -0.2) is 9.97 Å². The van der Waals surface area contributed by atoms with Crippen molar-refractivity contribution in [3.8, 4) is 11.4 Å². The Morgan fingerprint density at radius 3 is 2.60 bits per heavy atom. The molecule has 0 amide bonds. The third-order valence-electron chi connectivity index (χ3n) is 3.28. The average molecular weight is 310 g/mol. The van der Waals surface area contributed by atoms with Crippen molar-refractivity contribution in [3.05, 3.63) is 53.7 Å². The number of H-pyrrole nitrogens is 1. The van der Waals surface area contributed by atoms with Crippen molar-refractivity contribution in [1.29, 1.82) is 0 Å². The summed E-state index contributed by atoms with van der Waals surface area (Å²) in [5.41, 5.74) is 11.2. The van der Waals surface area contributed by atoms with Gasteiger partial charge in [0.1, 0.15) is 0 Å². The lowest BCUT2D eigenvalue weighted by molar-refractivity contribution is 1.08. The zero-order chi connectivity index (χ0) is 12.5. The molecular formula is C15H17Cl2N3. The van der Waals surface area contributed by atoms with E-state index >= 15 is 0 Å². The molecular weight excluding hydrogens is 293 g/mol. The average Bonchev–Trinajstić information content (AvgIpc) is 2.77. The smallest absolute Gasteiger partial charge is 0.0867 e. The van der Waals surface area contributed by atoms with Crippen molar-refractivity contribution in [2.24, 2.45) is 5.73 Å². The summed E-state index contributed by atoms with van der Waals surface area (Å²) in [5, 5.41) is 1.22. The van der Waals surface area contributed by atoms with Crippen LogP contribution in [0.25, 0.3) is 22.3 Å². The molecule has 5 heteroatoms. The number of benzene rings is 1. The minimum atomic E-state index is 0. The molecule has 106 valence electrons. The summed E-state index contributed by atoms with van der Waals surface area (Å²) in [4.78, 5) is 7.82. The Labute approximate surface area is 130 Å². The van der Waals surface area contributed by atoms with E-state index in [4.69, 9.17) is 5.73 Å². The van der Waals surface area contributed by atoms with E-state index in [-0.39, 0.29) is 24.8 Å². The largest absolute Gasteiger partial charge is 0.353 e. The molecule has 0 aliphatic carbocycles. The number of rotatable bonds is 2. The van der Waals surface area contributed by atoms with Crippen LogP contribution in [0.5, 0.6) is 0 Å². The second-order valence-electron chi connectivity index (χ2n) is 4.42. The number of nitrogens with one attached hydrogen (secondary N) is 1. The topological polar surface area (TPSA) is 54.7 Å². The second kappa shape index (κ2) is 6.75. The minimum absolute atomic E-state index is 0. The maximum Gasteiger partial charge on any atom is 0.0867 e. The fraction of sp³-hybridized carbons (Fsp3) is 0.133. The first kappa shape index (κ1) is 16.5. The lowest BCUT2D eigenvalue weighted by atomic mass is 10.1. The monoisotopic (exact) mass is 309 g/mol. The molecule has 0 radical (unpaired) electrons. The van der Waals surface area contributed by atoms with Crippen LogP contribution in [-0.2, 0) is 6.54 Å². The third kappa shape index (κ3) is 2.80. The number of aromatic nitrogens is 2. The van der Waals surface area contributed by atoms with Crippen LogP contribution in [0.2, 0.25) is 0 Å². The zero-order valence-corrected chi connectivity index (χ0v) is 12.7. The van der Waals surface area contributed by atoms with E-state index in [0.29, 0.717) is 6.54 Å². The second-order valence-corrected chi connectivity index (χ2v) is 4.42. The van der Waals surface area contributed by atoms with Crippen LogP contribution < -0.4 is 5.73 Å². The first-order valence-corrected chi connectivity index (χ1v) is 6.02. The van der Waals surface area contributed by atoms with Gasteiger partial charge in [-0.05, 0) is 42.3 Å². The number of hydrogen-bond donors (Lipinski definition) is 2. The maximum atomic E-state index is 5.69. The number of hydrogen-bond acceptors (Lipinski definition) is 2. The fourth-order valence-electron chi connectivity index (χ4n) is 2.27. The van der Waals surface area contributed by atoms with Crippen molar-refractivity contribution < 1.29 is 0 Å². The number of nitrogens with two attached hydrogens (primary N) is 1. The van der Waals surface area contributed by atoms with Gasteiger partial charge in [-0.2, -0.15) is 0 Å². The summed E-state index contributed by atoms with van der Waals surface area (Å²) in [6.45, 7) is 2.68. The molecule has 0 spiro atoms. The van der Waals surface area contributed by atoms with E-state index in [1.54, 1.807) is 0 Å². The molecule has 2 heterocycles. The molecule has 0 saturated heterocycles. The Kier molecular flexibility index (Phi) is 5.57. The normalized spacial score (nSPS) is 9.90. The SMILES string of the molecule is Cc1c(-c2ccccn2)[nH]c2ccc(CN)cc12.Cl.Cl. The van der Waals surface area contributed by atoms with E-state index in [0.717, 1.165) is 22.5 Å². The highest BCUT2D eigenvalue weighted by atomic mass is 35.5. The molecule has 3 rings (SSSR count). The first-order valence-electron chi connectivity index (χ1n) is 6.02. The van der Waals surface area contributed by atoms with E-state index in [1.165, 1.54) is 10.9 Å². The molecule has 0 saturated carbocycles. The lowest BCUT2D eigenvalue weighted by Gasteiger charge is -1.98. The van der Waals surface area contributed by atoms with E-state index in [2.05, 4.69) is 35.1 Å². The van der Waals surface area contributed by atoms with Crippen LogP contribution in [0.1, 0.15) is 11.1 Å². The highest BCUT2D eigenvalue weighted by Gasteiger charge is 2.10. The number of fused-ring (bicyclic) bond motifs is 1. The Morgan fingerprint density at radius 2 is 1.95 bits per heavy atom. The van der Waals surface area contributed by atoms with Crippen LogP contribution in [0.3, 0.4) is 0 Å². The van der Waals surface area contributed by atoms with Gasteiger partial charge in [0.2, 0.25) is 0 Å². The summed E-state index contributed by atoms with van der Waals surface area (Å²) < 4.78 is 0. The third-order valence-corrected chi connectivity index (χ3v) is 3.28. The number of aromatic amines is 1.